The van der Waals surface area contributed by atoms with E-state index in [2.05, 4.69) is 9.71 Å². The fourth-order valence-corrected chi connectivity index (χ4v) is 4.73. The van der Waals surface area contributed by atoms with Gasteiger partial charge in [-0.25, -0.2) is 18.1 Å². The van der Waals surface area contributed by atoms with Crippen molar-refractivity contribution in [2.24, 2.45) is 0 Å². The van der Waals surface area contributed by atoms with E-state index in [9.17, 15) is 13.5 Å². The van der Waals surface area contributed by atoms with Crippen LogP contribution in [-0.2, 0) is 16.4 Å². The Morgan fingerprint density at radius 2 is 1.85 bits per heavy atom. The first-order valence-electron chi connectivity index (χ1n) is 8.16. The van der Waals surface area contributed by atoms with Gasteiger partial charge in [0.2, 0.25) is 10.0 Å². The summed E-state index contributed by atoms with van der Waals surface area (Å²) in [6.45, 7) is 4.02. The summed E-state index contributed by atoms with van der Waals surface area (Å²) in [7, 11) is -3.53. The molecule has 0 spiro atoms. The Balaban J connectivity index is 1.64. The molecule has 0 unspecified atom stereocenters. The van der Waals surface area contributed by atoms with Crippen LogP contribution in [0.3, 0.4) is 0 Å². The molecule has 136 valence electrons. The third kappa shape index (κ3) is 4.30. The zero-order chi connectivity index (χ0) is 18.7. The Labute approximate surface area is 157 Å². The quantitative estimate of drug-likeness (QED) is 0.675. The van der Waals surface area contributed by atoms with E-state index < -0.39 is 10.0 Å². The molecule has 0 aliphatic carbocycles. The van der Waals surface area contributed by atoms with E-state index >= 15 is 0 Å². The Morgan fingerprint density at radius 3 is 2.54 bits per heavy atom. The lowest BCUT2D eigenvalue weighted by Crippen LogP contribution is -2.26. The minimum absolute atomic E-state index is 0.213. The molecular weight excluding hydrogens is 368 g/mol. The SMILES string of the molecule is Cc1ccc(S(=O)(=O)NCCc2nc(-c3ccc(O)cc3)cs2)c(C)c1. The minimum Gasteiger partial charge on any atom is -0.508 e. The first kappa shape index (κ1) is 18.6. The van der Waals surface area contributed by atoms with Gasteiger partial charge in [0.05, 0.1) is 15.6 Å². The molecule has 1 aromatic heterocycles. The van der Waals surface area contributed by atoms with E-state index in [0.29, 0.717) is 11.3 Å². The van der Waals surface area contributed by atoms with Gasteiger partial charge in [0.15, 0.2) is 0 Å². The maximum atomic E-state index is 12.5. The number of aromatic nitrogens is 1. The molecule has 0 amide bonds. The number of sulfonamides is 1. The molecule has 0 bridgehead atoms. The van der Waals surface area contributed by atoms with Crippen LogP contribution in [0.25, 0.3) is 11.3 Å². The Bertz CT molecular complexity index is 1010. The van der Waals surface area contributed by atoms with Crippen molar-refractivity contribution in [2.75, 3.05) is 6.54 Å². The number of phenols is 1. The van der Waals surface area contributed by atoms with Crippen LogP contribution in [0.2, 0.25) is 0 Å². The molecular formula is C19H20N2O3S2. The highest BCUT2D eigenvalue weighted by Gasteiger charge is 2.16. The van der Waals surface area contributed by atoms with Crippen LogP contribution in [0.4, 0.5) is 0 Å². The number of benzene rings is 2. The third-order valence-electron chi connectivity index (χ3n) is 3.97. The second-order valence-corrected chi connectivity index (χ2v) is 8.77. The summed E-state index contributed by atoms with van der Waals surface area (Å²) >= 11 is 1.49. The van der Waals surface area contributed by atoms with Gasteiger partial charge in [0.25, 0.3) is 0 Å². The highest BCUT2D eigenvalue weighted by Crippen LogP contribution is 2.24. The van der Waals surface area contributed by atoms with E-state index in [1.807, 2.05) is 18.4 Å². The highest BCUT2D eigenvalue weighted by atomic mass is 32.2. The van der Waals surface area contributed by atoms with E-state index in [-0.39, 0.29) is 12.3 Å². The molecule has 0 atom stereocenters. The molecule has 2 aromatic carbocycles. The lowest BCUT2D eigenvalue weighted by molar-refractivity contribution is 0.475. The monoisotopic (exact) mass is 388 g/mol. The fourth-order valence-electron chi connectivity index (χ4n) is 2.66. The zero-order valence-corrected chi connectivity index (χ0v) is 16.2. The number of nitrogens with one attached hydrogen (secondary N) is 1. The highest BCUT2D eigenvalue weighted by molar-refractivity contribution is 7.89. The molecule has 0 aliphatic heterocycles. The van der Waals surface area contributed by atoms with Crippen molar-refractivity contribution in [3.63, 3.8) is 0 Å². The number of nitrogens with zero attached hydrogens (tertiary/aromatic N) is 1. The van der Waals surface area contributed by atoms with Gasteiger partial charge in [-0.3, -0.25) is 0 Å². The van der Waals surface area contributed by atoms with Crippen LogP contribution < -0.4 is 4.72 Å². The van der Waals surface area contributed by atoms with Crippen LogP contribution in [0, 0.1) is 13.8 Å². The lowest BCUT2D eigenvalue weighted by atomic mass is 10.2. The summed E-state index contributed by atoms with van der Waals surface area (Å²) in [4.78, 5) is 4.85. The van der Waals surface area contributed by atoms with Crippen molar-refractivity contribution in [2.45, 2.75) is 25.2 Å². The number of rotatable bonds is 6. The molecule has 0 saturated carbocycles. The molecule has 3 rings (SSSR count). The van der Waals surface area contributed by atoms with Crippen molar-refractivity contribution in [3.8, 4) is 17.0 Å². The summed E-state index contributed by atoms with van der Waals surface area (Å²) in [5, 5.41) is 12.1. The molecule has 0 radical (unpaired) electrons. The zero-order valence-electron chi connectivity index (χ0n) is 14.6. The van der Waals surface area contributed by atoms with Gasteiger partial charge < -0.3 is 5.11 Å². The van der Waals surface area contributed by atoms with Gasteiger partial charge in [0, 0.05) is 23.9 Å². The summed E-state index contributed by atoms with van der Waals surface area (Å²) in [6, 6.07) is 12.1. The molecule has 0 fully saturated rings. The maximum Gasteiger partial charge on any atom is 0.240 e. The van der Waals surface area contributed by atoms with Gasteiger partial charge >= 0.3 is 0 Å². The average Bonchev–Trinajstić information content (AvgIpc) is 3.04. The molecule has 1 heterocycles. The topological polar surface area (TPSA) is 79.3 Å². The van der Waals surface area contributed by atoms with E-state index in [1.54, 1.807) is 43.3 Å². The average molecular weight is 389 g/mol. The Hall–Kier alpha value is -2.22. The summed E-state index contributed by atoms with van der Waals surface area (Å²) < 4.78 is 27.6. The fraction of sp³-hybridized carbons (Fsp3) is 0.211. The maximum absolute atomic E-state index is 12.5. The predicted molar refractivity (Wildman–Crippen MR) is 104 cm³/mol. The largest absolute Gasteiger partial charge is 0.508 e. The van der Waals surface area contributed by atoms with Crippen LogP contribution in [0.15, 0.2) is 52.7 Å². The molecule has 5 nitrogen and oxygen atoms in total. The smallest absolute Gasteiger partial charge is 0.240 e. The number of phenolic OH excluding ortho intramolecular Hbond substituents is 1. The summed E-state index contributed by atoms with van der Waals surface area (Å²) in [5.41, 5.74) is 3.51. The van der Waals surface area contributed by atoms with E-state index in [0.717, 1.165) is 27.4 Å². The van der Waals surface area contributed by atoms with Crippen molar-refractivity contribution >= 4 is 21.4 Å². The molecule has 26 heavy (non-hydrogen) atoms. The predicted octanol–water partition coefficient (Wildman–Crippen LogP) is 3.65. The molecule has 0 saturated heterocycles. The van der Waals surface area contributed by atoms with E-state index in [4.69, 9.17) is 0 Å². The lowest BCUT2D eigenvalue weighted by Gasteiger charge is -2.09. The van der Waals surface area contributed by atoms with Gasteiger partial charge in [-0.1, -0.05) is 17.7 Å². The molecule has 2 N–H and O–H groups in total. The van der Waals surface area contributed by atoms with Crippen molar-refractivity contribution in [1.29, 1.82) is 0 Å². The van der Waals surface area contributed by atoms with Crippen LogP contribution in [-0.4, -0.2) is 25.1 Å². The standard InChI is InChI=1S/C19H20N2O3S2/c1-13-3-8-18(14(2)11-13)26(23,24)20-10-9-19-21-17(12-25-19)15-4-6-16(22)7-5-15/h3-8,11-12,20,22H,9-10H2,1-2H3. The van der Waals surface area contributed by atoms with Gasteiger partial charge in [0.1, 0.15) is 5.75 Å². The van der Waals surface area contributed by atoms with E-state index in [1.165, 1.54) is 11.3 Å². The summed E-state index contributed by atoms with van der Waals surface area (Å²) in [5.74, 6) is 0.213. The molecule has 7 heteroatoms. The summed E-state index contributed by atoms with van der Waals surface area (Å²) in [6.07, 6.45) is 0.521. The number of aromatic hydroxyl groups is 1. The van der Waals surface area contributed by atoms with Crippen molar-refractivity contribution in [1.82, 2.24) is 9.71 Å². The van der Waals surface area contributed by atoms with Crippen LogP contribution in [0.5, 0.6) is 5.75 Å². The van der Waals surface area contributed by atoms with Crippen molar-refractivity contribution < 1.29 is 13.5 Å². The van der Waals surface area contributed by atoms with Crippen molar-refractivity contribution in [3.05, 3.63) is 64.0 Å². The minimum atomic E-state index is -3.53. The number of thiazole rings is 1. The number of hydrogen-bond donors (Lipinski definition) is 2. The molecule has 0 aliphatic rings. The van der Waals surface area contributed by atoms with Gasteiger partial charge in [-0.2, -0.15) is 0 Å². The van der Waals surface area contributed by atoms with Crippen LogP contribution >= 0.6 is 11.3 Å². The van der Waals surface area contributed by atoms with Gasteiger partial charge in [-0.05, 0) is 49.7 Å². The third-order valence-corrected chi connectivity index (χ3v) is 6.50. The second-order valence-electron chi connectivity index (χ2n) is 6.09. The normalized spacial score (nSPS) is 11.6. The number of hydrogen-bond acceptors (Lipinski definition) is 5. The second kappa shape index (κ2) is 7.57. The number of aryl methyl sites for hydroxylation is 2. The first-order valence-corrected chi connectivity index (χ1v) is 10.5. The Morgan fingerprint density at radius 1 is 1.12 bits per heavy atom. The molecule has 3 aromatic rings. The van der Waals surface area contributed by atoms with Gasteiger partial charge in [-0.15, -0.1) is 11.3 Å². The first-order chi connectivity index (χ1) is 12.3. The van der Waals surface area contributed by atoms with Crippen LogP contribution in [0.1, 0.15) is 16.1 Å². The Kier molecular flexibility index (Phi) is 5.41.